The van der Waals surface area contributed by atoms with Crippen LogP contribution in [0.25, 0.3) is 0 Å². The molecule has 4 heteroatoms. The van der Waals surface area contributed by atoms with E-state index in [1.165, 1.54) is 0 Å². The van der Waals surface area contributed by atoms with Crippen molar-refractivity contribution in [1.82, 2.24) is 4.98 Å². The number of hydrogen-bond donors (Lipinski definition) is 1. The highest BCUT2D eigenvalue weighted by atomic mass is 16.5. The fraction of sp³-hybridized carbons (Fsp3) is 0.688. The minimum atomic E-state index is -0.855. The second-order valence-electron chi connectivity index (χ2n) is 5.90. The zero-order valence-corrected chi connectivity index (χ0v) is 12.6. The van der Waals surface area contributed by atoms with Crippen molar-refractivity contribution < 1.29 is 14.6 Å². The molecule has 0 radical (unpaired) electrons. The molecule has 0 saturated carbocycles. The van der Waals surface area contributed by atoms with Crippen LogP contribution < -0.4 is 4.74 Å². The van der Waals surface area contributed by atoms with E-state index in [-0.39, 0.29) is 6.10 Å². The van der Waals surface area contributed by atoms with Crippen LogP contribution in [-0.2, 0) is 10.3 Å². The predicted octanol–water partition coefficient (Wildman–Crippen LogP) is 2.89. The maximum atomic E-state index is 10.9. The Balaban J connectivity index is 2.16. The van der Waals surface area contributed by atoms with Crippen molar-refractivity contribution in [2.75, 3.05) is 13.2 Å². The molecule has 2 unspecified atom stereocenters. The molecule has 1 aliphatic rings. The summed E-state index contributed by atoms with van der Waals surface area (Å²) in [5.74, 6) is 1.12. The van der Waals surface area contributed by atoms with Gasteiger partial charge in [0.15, 0.2) is 0 Å². The lowest BCUT2D eigenvalue weighted by Crippen LogP contribution is -2.40. The molecule has 1 saturated heterocycles. The van der Waals surface area contributed by atoms with Gasteiger partial charge in [-0.25, -0.2) is 0 Å². The van der Waals surface area contributed by atoms with Gasteiger partial charge in [-0.05, 0) is 18.4 Å². The number of aliphatic hydroxyl groups is 1. The first-order chi connectivity index (χ1) is 9.55. The second kappa shape index (κ2) is 6.55. The van der Waals surface area contributed by atoms with Crippen molar-refractivity contribution >= 4 is 0 Å². The molecule has 1 fully saturated rings. The monoisotopic (exact) mass is 279 g/mol. The highest BCUT2D eigenvalue weighted by Crippen LogP contribution is 2.37. The first kappa shape index (κ1) is 15.3. The molecule has 1 aromatic rings. The van der Waals surface area contributed by atoms with E-state index >= 15 is 0 Å². The van der Waals surface area contributed by atoms with Crippen LogP contribution in [0.3, 0.4) is 0 Å². The quantitative estimate of drug-likeness (QED) is 0.900. The molecule has 1 N–H and O–H groups in total. The number of nitrogens with zero attached hydrogens (tertiary/aromatic N) is 1. The van der Waals surface area contributed by atoms with Gasteiger partial charge in [0.05, 0.1) is 31.1 Å². The minimum Gasteiger partial charge on any atom is -0.492 e. The lowest BCUT2D eigenvalue weighted by molar-refractivity contribution is -0.121. The van der Waals surface area contributed by atoms with E-state index in [1.54, 1.807) is 12.4 Å². The zero-order chi connectivity index (χ0) is 14.6. The van der Waals surface area contributed by atoms with Crippen molar-refractivity contribution in [3.05, 3.63) is 24.0 Å². The Hall–Kier alpha value is -1.13. The SMILES string of the molecule is CCCOc1cncc(C2(O)CCOC(C(C)C)C2)c1. The van der Waals surface area contributed by atoms with E-state index < -0.39 is 5.60 Å². The van der Waals surface area contributed by atoms with E-state index in [0.717, 1.165) is 17.7 Å². The molecule has 112 valence electrons. The van der Waals surface area contributed by atoms with Crippen molar-refractivity contribution in [3.8, 4) is 5.75 Å². The summed E-state index contributed by atoms with van der Waals surface area (Å²) in [4.78, 5) is 4.20. The normalized spacial score (nSPS) is 26.8. The van der Waals surface area contributed by atoms with Crippen molar-refractivity contribution in [2.45, 2.75) is 51.7 Å². The first-order valence-electron chi connectivity index (χ1n) is 7.47. The van der Waals surface area contributed by atoms with Gasteiger partial charge >= 0.3 is 0 Å². The van der Waals surface area contributed by atoms with Gasteiger partial charge in [0, 0.05) is 24.6 Å². The highest BCUT2D eigenvalue weighted by Gasteiger charge is 2.38. The van der Waals surface area contributed by atoms with Gasteiger partial charge in [0.2, 0.25) is 0 Å². The summed E-state index contributed by atoms with van der Waals surface area (Å²) >= 11 is 0. The second-order valence-corrected chi connectivity index (χ2v) is 5.90. The molecular formula is C16H25NO3. The van der Waals surface area contributed by atoms with Crippen LogP contribution in [0.4, 0.5) is 0 Å². The highest BCUT2D eigenvalue weighted by molar-refractivity contribution is 5.28. The number of rotatable bonds is 5. The Morgan fingerprint density at radius 1 is 1.50 bits per heavy atom. The molecule has 20 heavy (non-hydrogen) atoms. The third-order valence-corrected chi connectivity index (χ3v) is 3.85. The lowest BCUT2D eigenvalue weighted by Gasteiger charge is -2.38. The fourth-order valence-electron chi connectivity index (χ4n) is 2.54. The number of pyridine rings is 1. The summed E-state index contributed by atoms with van der Waals surface area (Å²) in [6, 6.07) is 1.91. The van der Waals surface area contributed by atoms with Gasteiger partial charge in [0.1, 0.15) is 5.75 Å². The molecule has 1 aliphatic heterocycles. The Labute approximate surface area is 121 Å². The molecule has 0 aliphatic carbocycles. The van der Waals surface area contributed by atoms with Crippen molar-refractivity contribution in [2.24, 2.45) is 5.92 Å². The Morgan fingerprint density at radius 3 is 3.00 bits per heavy atom. The Bertz CT molecular complexity index is 435. The minimum absolute atomic E-state index is 0.0916. The predicted molar refractivity (Wildman–Crippen MR) is 77.7 cm³/mol. The van der Waals surface area contributed by atoms with Crippen LogP contribution in [-0.4, -0.2) is 29.4 Å². The summed E-state index contributed by atoms with van der Waals surface area (Å²) in [5, 5.41) is 10.9. The number of ether oxygens (including phenoxy) is 2. The summed E-state index contributed by atoms with van der Waals surface area (Å²) in [5.41, 5.74) is -0.0220. The summed E-state index contributed by atoms with van der Waals surface area (Å²) in [6.45, 7) is 7.56. The van der Waals surface area contributed by atoms with Crippen LogP contribution in [0.1, 0.15) is 45.6 Å². The van der Waals surface area contributed by atoms with Crippen LogP contribution in [0.5, 0.6) is 5.75 Å². The average Bonchev–Trinajstić information content (AvgIpc) is 2.45. The number of hydrogen-bond acceptors (Lipinski definition) is 4. The summed E-state index contributed by atoms with van der Waals surface area (Å²) in [7, 11) is 0. The molecule has 2 rings (SSSR count). The molecule has 4 nitrogen and oxygen atoms in total. The third kappa shape index (κ3) is 3.49. The van der Waals surface area contributed by atoms with Gasteiger partial charge in [-0.1, -0.05) is 20.8 Å². The Kier molecular flexibility index (Phi) is 5.00. The fourth-order valence-corrected chi connectivity index (χ4v) is 2.54. The van der Waals surface area contributed by atoms with Gasteiger partial charge in [-0.3, -0.25) is 4.98 Å². The Morgan fingerprint density at radius 2 is 2.30 bits per heavy atom. The van der Waals surface area contributed by atoms with Crippen molar-refractivity contribution in [3.63, 3.8) is 0 Å². The van der Waals surface area contributed by atoms with Gasteiger partial charge in [0.25, 0.3) is 0 Å². The largest absolute Gasteiger partial charge is 0.492 e. The lowest BCUT2D eigenvalue weighted by atomic mass is 9.82. The summed E-state index contributed by atoms with van der Waals surface area (Å²) < 4.78 is 11.3. The van der Waals surface area contributed by atoms with E-state index in [4.69, 9.17) is 9.47 Å². The smallest absolute Gasteiger partial charge is 0.137 e. The van der Waals surface area contributed by atoms with Gasteiger partial charge in [-0.2, -0.15) is 0 Å². The standard InChI is InChI=1S/C16H25NO3/c1-4-6-19-14-8-13(10-17-11-14)16(18)5-7-20-15(9-16)12(2)3/h8,10-12,15,18H,4-7,9H2,1-3H3. The third-order valence-electron chi connectivity index (χ3n) is 3.85. The summed E-state index contributed by atoms with van der Waals surface area (Å²) in [6.07, 6.45) is 5.70. The molecular weight excluding hydrogens is 254 g/mol. The van der Waals surface area contributed by atoms with E-state index in [1.807, 2.05) is 6.07 Å². The van der Waals surface area contributed by atoms with Gasteiger partial charge < -0.3 is 14.6 Å². The topological polar surface area (TPSA) is 51.6 Å². The van der Waals surface area contributed by atoms with Crippen LogP contribution >= 0.6 is 0 Å². The molecule has 0 aromatic carbocycles. The molecule has 0 amide bonds. The first-order valence-corrected chi connectivity index (χ1v) is 7.47. The van der Waals surface area contributed by atoms with Crippen LogP contribution in [0, 0.1) is 5.92 Å². The van der Waals surface area contributed by atoms with Gasteiger partial charge in [-0.15, -0.1) is 0 Å². The number of aromatic nitrogens is 1. The van der Waals surface area contributed by atoms with E-state index in [9.17, 15) is 5.11 Å². The maximum Gasteiger partial charge on any atom is 0.137 e. The van der Waals surface area contributed by atoms with Crippen molar-refractivity contribution in [1.29, 1.82) is 0 Å². The molecule has 1 aromatic heterocycles. The van der Waals surface area contributed by atoms with Crippen LogP contribution in [0.2, 0.25) is 0 Å². The molecule has 2 atom stereocenters. The van der Waals surface area contributed by atoms with E-state index in [2.05, 4.69) is 25.8 Å². The zero-order valence-electron chi connectivity index (χ0n) is 12.6. The molecule has 0 bridgehead atoms. The molecule has 2 heterocycles. The van der Waals surface area contributed by atoms with Crippen LogP contribution in [0.15, 0.2) is 18.5 Å². The van der Waals surface area contributed by atoms with E-state index in [0.29, 0.717) is 32.0 Å². The molecule has 0 spiro atoms. The maximum absolute atomic E-state index is 10.9. The average molecular weight is 279 g/mol.